The monoisotopic (exact) mass is 223 g/mol. The van der Waals surface area contributed by atoms with Gasteiger partial charge in [0.2, 0.25) is 0 Å². The third kappa shape index (κ3) is 1.70. The molecule has 0 bridgehead atoms. The summed E-state index contributed by atoms with van der Waals surface area (Å²) in [6.45, 7) is 0.756. The topological polar surface area (TPSA) is 52.3 Å². The van der Waals surface area contributed by atoms with Gasteiger partial charge in [-0.25, -0.2) is 0 Å². The Kier molecular flexibility index (Phi) is 2.37. The average Bonchev–Trinajstić information content (AvgIpc) is 2.89. The van der Waals surface area contributed by atoms with Crippen LogP contribution in [0.5, 0.6) is 0 Å². The van der Waals surface area contributed by atoms with E-state index >= 15 is 0 Å². The number of hydrogen-bond acceptors (Lipinski definition) is 3. The minimum Gasteiger partial charge on any atom is -0.375 e. The van der Waals surface area contributed by atoms with Crippen LogP contribution in [-0.4, -0.2) is 23.5 Å². The van der Waals surface area contributed by atoms with E-state index in [4.69, 9.17) is 10.5 Å². The van der Waals surface area contributed by atoms with Crippen molar-refractivity contribution in [3.63, 3.8) is 0 Å². The Morgan fingerprint density at radius 1 is 1.19 bits per heavy atom. The first-order valence-corrected chi connectivity index (χ1v) is 6.61. The normalized spacial score (nSPS) is 35.2. The second-order valence-electron chi connectivity index (χ2n) is 5.95. The second-order valence-corrected chi connectivity index (χ2v) is 5.95. The van der Waals surface area contributed by atoms with Crippen LogP contribution in [0.1, 0.15) is 51.4 Å². The van der Waals surface area contributed by atoms with E-state index in [1.165, 1.54) is 12.8 Å². The van der Waals surface area contributed by atoms with Crippen molar-refractivity contribution in [2.24, 2.45) is 11.7 Å². The molecule has 2 N–H and O–H groups in total. The lowest BCUT2D eigenvalue weighted by molar-refractivity contribution is -0.138. The molecule has 1 aliphatic heterocycles. The number of carbonyl (C=O) groups excluding carboxylic acids is 1. The first-order chi connectivity index (χ1) is 7.64. The van der Waals surface area contributed by atoms with Crippen molar-refractivity contribution in [2.45, 2.75) is 62.5 Å². The quantitative estimate of drug-likeness (QED) is 0.776. The largest absolute Gasteiger partial charge is 0.375 e. The van der Waals surface area contributed by atoms with Crippen molar-refractivity contribution >= 4 is 5.78 Å². The van der Waals surface area contributed by atoms with Crippen LogP contribution >= 0.6 is 0 Å². The summed E-state index contributed by atoms with van der Waals surface area (Å²) in [5.41, 5.74) is 5.62. The maximum Gasteiger partial charge on any atom is 0.155 e. The van der Waals surface area contributed by atoms with Gasteiger partial charge in [0.1, 0.15) is 0 Å². The minimum atomic E-state index is -0.443. The molecule has 0 amide bonds. The van der Waals surface area contributed by atoms with E-state index in [1.54, 1.807) is 0 Å². The molecule has 1 unspecified atom stereocenters. The summed E-state index contributed by atoms with van der Waals surface area (Å²) in [4.78, 5) is 12.2. The molecular formula is C13H21NO2. The van der Waals surface area contributed by atoms with Crippen molar-refractivity contribution < 1.29 is 9.53 Å². The molecule has 3 nitrogen and oxygen atoms in total. The van der Waals surface area contributed by atoms with E-state index in [-0.39, 0.29) is 11.5 Å². The maximum atomic E-state index is 12.2. The van der Waals surface area contributed by atoms with Gasteiger partial charge in [0.05, 0.1) is 11.1 Å². The molecule has 2 saturated carbocycles. The molecule has 1 saturated heterocycles. The summed E-state index contributed by atoms with van der Waals surface area (Å²) in [6, 6.07) is 0. The molecule has 3 aliphatic rings. The Balaban J connectivity index is 1.70. The SMILES string of the molecule is NC1(C(=O)C2CCOC3(CCCC3)C2)CC1. The Morgan fingerprint density at radius 2 is 1.88 bits per heavy atom. The highest BCUT2D eigenvalue weighted by atomic mass is 16.5. The first kappa shape index (κ1) is 10.7. The van der Waals surface area contributed by atoms with Crippen LogP contribution in [0.2, 0.25) is 0 Å². The lowest BCUT2D eigenvalue weighted by atomic mass is 9.80. The highest BCUT2D eigenvalue weighted by molar-refractivity contribution is 5.93. The predicted octanol–water partition coefficient (Wildman–Crippen LogP) is 1.79. The van der Waals surface area contributed by atoms with Gasteiger partial charge in [0, 0.05) is 12.5 Å². The van der Waals surface area contributed by atoms with Crippen molar-refractivity contribution in [3.05, 3.63) is 0 Å². The number of nitrogens with two attached hydrogens (primary N) is 1. The Morgan fingerprint density at radius 3 is 2.50 bits per heavy atom. The van der Waals surface area contributed by atoms with Crippen LogP contribution in [0, 0.1) is 5.92 Å². The van der Waals surface area contributed by atoms with E-state index < -0.39 is 5.54 Å². The molecule has 1 heterocycles. The van der Waals surface area contributed by atoms with Gasteiger partial charge >= 0.3 is 0 Å². The van der Waals surface area contributed by atoms with Gasteiger partial charge in [0.15, 0.2) is 5.78 Å². The van der Waals surface area contributed by atoms with Gasteiger partial charge in [-0.2, -0.15) is 0 Å². The van der Waals surface area contributed by atoms with Crippen molar-refractivity contribution in [1.29, 1.82) is 0 Å². The number of Topliss-reactive ketones (excluding diaryl/α,β-unsaturated/α-hetero) is 1. The number of hydrogen-bond donors (Lipinski definition) is 1. The molecule has 0 aromatic heterocycles. The van der Waals surface area contributed by atoms with Crippen LogP contribution in [-0.2, 0) is 9.53 Å². The standard InChI is InChI=1S/C13H21NO2/c14-13(6-7-13)11(15)10-3-8-16-12(9-10)4-1-2-5-12/h10H,1-9,14H2. The first-order valence-electron chi connectivity index (χ1n) is 6.61. The highest BCUT2D eigenvalue weighted by Gasteiger charge is 2.51. The average molecular weight is 223 g/mol. The molecule has 0 radical (unpaired) electrons. The van der Waals surface area contributed by atoms with E-state index in [9.17, 15) is 4.79 Å². The fourth-order valence-corrected chi connectivity index (χ4v) is 3.41. The molecule has 3 rings (SSSR count). The zero-order valence-corrected chi connectivity index (χ0v) is 9.84. The van der Waals surface area contributed by atoms with Crippen LogP contribution in [0.3, 0.4) is 0 Å². The molecule has 90 valence electrons. The Labute approximate surface area is 96.7 Å². The van der Waals surface area contributed by atoms with Crippen molar-refractivity contribution in [2.75, 3.05) is 6.61 Å². The summed E-state index contributed by atoms with van der Waals surface area (Å²) in [5.74, 6) is 0.501. The van der Waals surface area contributed by atoms with Crippen molar-refractivity contribution in [3.8, 4) is 0 Å². The van der Waals surface area contributed by atoms with Gasteiger partial charge in [-0.3, -0.25) is 4.79 Å². The van der Waals surface area contributed by atoms with Gasteiger partial charge in [-0.15, -0.1) is 0 Å². The molecule has 0 aromatic carbocycles. The molecule has 1 atom stereocenters. The number of carbonyl (C=O) groups is 1. The van der Waals surface area contributed by atoms with Crippen LogP contribution in [0.4, 0.5) is 0 Å². The van der Waals surface area contributed by atoms with E-state index in [2.05, 4.69) is 0 Å². The molecule has 16 heavy (non-hydrogen) atoms. The van der Waals surface area contributed by atoms with E-state index in [0.717, 1.165) is 45.1 Å². The fraction of sp³-hybridized carbons (Fsp3) is 0.923. The Bertz CT molecular complexity index is 303. The summed E-state index contributed by atoms with van der Waals surface area (Å²) in [5, 5.41) is 0. The Hall–Kier alpha value is -0.410. The third-order valence-corrected chi connectivity index (χ3v) is 4.66. The number of ketones is 1. The summed E-state index contributed by atoms with van der Waals surface area (Å²) >= 11 is 0. The zero-order chi connectivity index (χ0) is 11.2. The molecular weight excluding hydrogens is 202 g/mol. The molecule has 2 aliphatic carbocycles. The molecule has 0 aromatic rings. The summed E-state index contributed by atoms with van der Waals surface area (Å²) in [7, 11) is 0. The summed E-state index contributed by atoms with van der Waals surface area (Å²) < 4.78 is 5.95. The fourth-order valence-electron chi connectivity index (χ4n) is 3.41. The lowest BCUT2D eigenvalue weighted by Gasteiger charge is -2.38. The second kappa shape index (κ2) is 3.54. The predicted molar refractivity (Wildman–Crippen MR) is 61.0 cm³/mol. The molecule has 3 heteroatoms. The van der Waals surface area contributed by atoms with Gasteiger partial charge < -0.3 is 10.5 Å². The highest BCUT2D eigenvalue weighted by Crippen LogP contribution is 2.45. The molecule has 1 spiro atoms. The molecule has 3 fully saturated rings. The minimum absolute atomic E-state index is 0.0455. The number of ether oxygens (including phenoxy) is 1. The van der Waals surface area contributed by atoms with E-state index in [1.807, 2.05) is 0 Å². The van der Waals surface area contributed by atoms with E-state index in [0.29, 0.717) is 5.78 Å². The van der Waals surface area contributed by atoms with Crippen LogP contribution < -0.4 is 5.73 Å². The van der Waals surface area contributed by atoms with Gasteiger partial charge in [-0.1, -0.05) is 12.8 Å². The number of rotatable bonds is 2. The van der Waals surface area contributed by atoms with Gasteiger partial charge in [0.25, 0.3) is 0 Å². The smallest absolute Gasteiger partial charge is 0.155 e. The zero-order valence-electron chi connectivity index (χ0n) is 9.84. The van der Waals surface area contributed by atoms with Crippen LogP contribution in [0.25, 0.3) is 0 Å². The maximum absolute atomic E-state index is 12.2. The van der Waals surface area contributed by atoms with Gasteiger partial charge in [-0.05, 0) is 38.5 Å². The summed E-state index contributed by atoms with van der Waals surface area (Å²) in [6.07, 6.45) is 8.43. The van der Waals surface area contributed by atoms with Crippen LogP contribution in [0.15, 0.2) is 0 Å². The van der Waals surface area contributed by atoms with Crippen molar-refractivity contribution in [1.82, 2.24) is 0 Å². The third-order valence-electron chi connectivity index (χ3n) is 4.66. The lowest BCUT2D eigenvalue weighted by Crippen LogP contribution is -2.45.